The third-order valence-corrected chi connectivity index (χ3v) is 3.02. The molecule has 0 unspecified atom stereocenters. The van der Waals surface area contributed by atoms with Crippen LogP contribution in [-0.4, -0.2) is 21.4 Å². The van der Waals surface area contributed by atoms with Crippen LogP contribution in [0, 0.1) is 10.1 Å². The minimum Gasteiger partial charge on any atom is -0.367 e. The molecule has 1 N–H and O–H groups in total. The molecular weight excluding hydrogens is 303 g/mol. The van der Waals surface area contributed by atoms with Crippen LogP contribution in [0.1, 0.15) is 6.92 Å². The summed E-state index contributed by atoms with van der Waals surface area (Å²) in [6.45, 7) is 2.51. The zero-order valence-electron chi connectivity index (χ0n) is 10.4. The number of nitro groups is 1. The van der Waals surface area contributed by atoms with Crippen molar-refractivity contribution in [1.29, 1.82) is 0 Å². The largest absolute Gasteiger partial charge is 0.390 e. The molecule has 2 rings (SSSR count). The number of hydrogen-bond acceptors (Lipinski definition) is 5. The quantitative estimate of drug-likeness (QED) is 0.686. The van der Waals surface area contributed by atoms with Gasteiger partial charge in [0.15, 0.2) is 17.7 Å². The Morgan fingerprint density at radius 2 is 2.15 bits per heavy atom. The average molecular weight is 313 g/mol. The van der Waals surface area contributed by atoms with Gasteiger partial charge in [-0.1, -0.05) is 23.2 Å². The summed E-state index contributed by atoms with van der Waals surface area (Å²) < 4.78 is 0. The van der Waals surface area contributed by atoms with E-state index >= 15 is 0 Å². The van der Waals surface area contributed by atoms with Crippen molar-refractivity contribution in [3.63, 3.8) is 0 Å². The van der Waals surface area contributed by atoms with E-state index in [0.29, 0.717) is 22.9 Å². The van der Waals surface area contributed by atoms with Gasteiger partial charge in [-0.05, 0) is 35.0 Å². The summed E-state index contributed by atoms with van der Waals surface area (Å²) in [7, 11) is 0. The number of anilines is 1. The molecule has 0 saturated carbocycles. The van der Waals surface area contributed by atoms with Crippen molar-refractivity contribution in [1.82, 2.24) is 9.97 Å². The second-order valence-corrected chi connectivity index (χ2v) is 4.68. The highest BCUT2D eigenvalue weighted by Gasteiger charge is 2.21. The van der Waals surface area contributed by atoms with Gasteiger partial charge in [-0.25, -0.2) is 4.98 Å². The van der Waals surface area contributed by atoms with Gasteiger partial charge in [-0.2, -0.15) is 0 Å². The SMILES string of the molecule is CCNc1cnc([N+](=O)[O-])c(-c2ccc(Cl)cc2Cl)n1. The third-order valence-electron chi connectivity index (χ3n) is 2.47. The van der Waals surface area contributed by atoms with Crippen LogP contribution >= 0.6 is 23.2 Å². The van der Waals surface area contributed by atoms with Crippen LogP contribution in [0.25, 0.3) is 11.3 Å². The standard InChI is InChI=1S/C12H10Cl2N4O2/c1-2-15-10-6-16-12(18(19)20)11(17-10)8-4-3-7(13)5-9(8)14/h3-6H,2H2,1H3,(H,15,17). The smallest absolute Gasteiger partial charge is 0.367 e. The predicted molar refractivity (Wildman–Crippen MR) is 78.3 cm³/mol. The topological polar surface area (TPSA) is 81.0 Å². The average Bonchev–Trinajstić information content (AvgIpc) is 2.38. The minimum absolute atomic E-state index is 0.107. The summed E-state index contributed by atoms with van der Waals surface area (Å²) in [6, 6.07) is 4.68. The van der Waals surface area contributed by atoms with Crippen molar-refractivity contribution in [2.24, 2.45) is 0 Å². The van der Waals surface area contributed by atoms with Crippen molar-refractivity contribution in [3.05, 3.63) is 44.6 Å². The molecule has 104 valence electrons. The molecule has 0 amide bonds. The first-order valence-corrected chi connectivity index (χ1v) is 6.49. The molecular formula is C12H10Cl2N4O2. The van der Waals surface area contributed by atoms with Gasteiger partial charge in [-0.3, -0.25) is 0 Å². The molecule has 0 saturated heterocycles. The van der Waals surface area contributed by atoms with Crippen LogP contribution in [0.5, 0.6) is 0 Å². The van der Waals surface area contributed by atoms with Crippen molar-refractivity contribution in [2.75, 3.05) is 11.9 Å². The van der Waals surface area contributed by atoms with Crippen LogP contribution < -0.4 is 5.32 Å². The molecule has 0 radical (unpaired) electrons. The zero-order valence-corrected chi connectivity index (χ0v) is 11.9. The van der Waals surface area contributed by atoms with E-state index in [1.54, 1.807) is 12.1 Å². The number of benzene rings is 1. The first-order valence-electron chi connectivity index (χ1n) is 5.73. The fourth-order valence-corrected chi connectivity index (χ4v) is 2.14. The maximum atomic E-state index is 11.1. The van der Waals surface area contributed by atoms with Gasteiger partial charge in [0.2, 0.25) is 0 Å². The molecule has 20 heavy (non-hydrogen) atoms. The summed E-state index contributed by atoms with van der Waals surface area (Å²) in [5.74, 6) is 0.0926. The summed E-state index contributed by atoms with van der Waals surface area (Å²) >= 11 is 11.9. The molecule has 0 aliphatic carbocycles. The van der Waals surface area contributed by atoms with Gasteiger partial charge < -0.3 is 15.4 Å². The number of hydrogen-bond donors (Lipinski definition) is 1. The van der Waals surface area contributed by atoms with Crippen molar-refractivity contribution >= 4 is 34.8 Å². The molecule has 0 spiro atoms. The zero-order chi connectivity index (χ0) is 14.7. The van der Waals surface area contributed by atoms with Crippen LogP contribution in [0.15, 0.2) is 24.4 Å². The number of nitrogens with one attached hydrogen (secondary N) is 1. The monoisotopic (exact) mass is 312 g/mol. The van der Waals surface area contributed by atoms with Crippen molar-refractivity contribution in [3.8, 4) is 11.3 Å². The molecule has 8 heteroatoms. The van der Waals surface area contributed by atoms with Crippen LogP contribution in [0.3, 0.4) is 0 Å². The molecule has 1 aromatic carbocycles. The van der Waals surface area contributed by atoms with Gasteiger partial charge in [-0.15, -0.1) is 0 Å². The fraction of sp³-hybridized carbons (Fsp3) is 0.167. The van der Waals surface area contributed by atoms with Gasteiger partial charge in [0, 0.05) is 17.1 Å². The van der Waals surface area contributed by atoms with Gasteiger partial charge in [0.25, 0.3) is 0 Å². The van der Waals surface area contributed by atoms with Gasteiger partial charge in [0.1, 0.15) is 0 Å². The van der Waals surface area contributed by atoms with E-state index in [0.717, 1.165) is 0 Å². The van der Waals surface area contributed by atoms with Crippen molar-refractivity contribution in [2.45, 2.75) is 6.92 Å². The van der Waals surface area contributed by atoms with Crippen LogP contribution in [0.2, 0.25) is 10.0 Å². The Balaban J connectivity index is 2.62. The molecule has 1 heterocycles. The van der Waals surface area contributed by atoms with E-state index in [1.807, 2.05) is 6.92 Å². The van der Waals surface area contributed by atoms with Gasteiger partial charge >= 0.3 is 5.82 Å². The lowest BCUT2D eigenvalue weighted by Gasteiger charge is -2.07. The highest BCUT2D eigenvalue weighted by atomic mass is 35.5. The second kappa shape index (κ2) is 6.02. The normalized spacial score (nSPS) is 10.3. The van der Waals surface area contributed by atoms with E-state index in [-0.39, 0.29) is 16.5 Å². The Hall–Kier alpha value is -1.92. The number of nitrogens with zero attached hydrogens (tertiary/aromatic N) is 3. The predicted octanol–water partition coefficient (Wildman–Crippen LogP) is 3.79. The Morgan fingerprint density at radius 1 is 1.40 bits per heavy atom. The third kappa shape index (κ3) is 2.97. The minimum atomic E-state index is -0.594. The Morgan fingerprint density at radius 3 is 2.75 bits per heavy atom. The molecule has 0 fully saturated rings. The van der Waals surface area contributed by atoms with E-state index in [4.69, 9.17) is 23.2 Å². The lowest BCUT2D eigenvalue weighted by Crippen LogP contribution is -2.04. The Labute approximate surface area is 124 Å². The fourth-order valence-electron chi connectivity index (χ4n) is 1.64. The first-order chi connectivity index (χ1) is 9.52. The van der Waals surface area contributed by atoms with E-state index < -0.39 is 4.92 Å². The second-order valence-electron chi connectivity index (χ2n) is 3.84. The maximum Gasteiger partial charge on any atom is 0.390 e. The molecule has 1 aromatic heterocycles. The number of halogens is 2. The molecule has 0 aliphatic heterocycles. The van der Waals surface area contributed by atoms with E-state index in [9.17, 15) is 10.1 Å². The van der Waals surface area contributed by atoms with E-state index in [1.165, 1.54) is 12.3 Å². The number of rotatable bonds is 4. The summed E-state index contributed by atoms with van der Waals surface area (Å²) in [5.41, 5.74) is 0.519. The Kier molecular flexibility index (Phi) is 4.36. The summed E-state index contributed by atoms with van der Waals surface area (Å²) in [4.78, 5) is 18.5. The summed E-state index contributed by atoms with van der Waals surface area (Å²) in [6.07, 6.45) is 1.31. The summed E-state index contributed by atoms with van der Waals surface area (Å²) in [5, 5.41) is 14.7. The van der Waals surface area contributed by atoms with Crippen LogP contribution in [-0.2, 0) is 0 Å². The van der Waals surface area contributed by atoms with Crippen LogP contribution in [0.4, 0.5) is 11.6 Å². The maximum absolute atomic E-state index is 11.1. The van der Waals surface area contributed by atoms with E-state index in [2.05, 4.69) is 15.3 Å². The molecule has 0 bridgehead atoms. The molecule has 0 aliphatic rings. The van der Waals surface area contributed by atoms with Gasteiger partial charge in [0.05, 0.1) is 5.02 Å². The van der Waals surface area contributed by atoms with Crippen molar-refractivity contribution < 1.29 is 4.92 Å². The molecule has 2 aromatic rings. The first kappa shape index (κ1) is 14.5. The lowest BCUT2D eigenvalue weighted by atomic mass is 10.1. The number of aromatic nitrogens is 2. The molecule has 0 atom stereocenters. The highest BCUT2D eigenvalue weighted by molar-refractivity contribution is 6.36. The highest BCUT2D eigenvalue weighted by Crippen LogP contribution is 2.34. The Bertz CT molecular complexity index is 664. The molecule has 6 nitrogen and oxygen atoms in total. The lowest BCUT2D eigenvalue weighted by molar-refractivity contribution is -0.389.